The van der Waals surface area contributed by atoms with E-state index in [4.69, 9.17) is 11.6 Å². The van der Waals surface area contributed by atoms with Gasteiger partial charge in [0.2, 0.25) is 0 Å². The number of hydrogen-bond donors (Lipinski definition) is 0. The predicted octanol–water partition coefficient (Wildman–Crippen LogP) is 3.64. The van der Waals surface area contributed by atoms with Crippen molar-refractivity contribution in [1.82, 2.24) is 19.5 Å². The Bertz CT molecular complexity index is 914. The second-order valence-electron chi connectivity index (χ2n) is 5.24. The van der Waals surface area contributed by atoms with Crippen LogP contribution in [-0.4, -0.2) is 19.5 Å². The molecule has 0 saturated carbocycles. The lowest BCUT2D eigenvalue weighted by Gasteiger charge is -2.06. The number of hydrogen-bond acceptors (Lipinski definition) is 3. The van der Waals surface area contributed by atoms with Gasteiger partial charge in [-0.3, -0.25) is 4.57 Å². The van der Waals surface area contributed by atoms with Gasteiger partial charge in [0.1, 0.15) is 22.5 Å². The van der Waals surface area contributed by atoms with Gasteiger partial charge in [0.05, 0.1) is 5.69 Å². The molecule has 0 atom stereocenters. The van der Waals surface area contributed by atoms with Crippen molar-refractivity contribution in [2.75, 3.05) is 0 Å². The Balaban J connectivity index is 2.00. The second-order valence-corrected chi connectivity index (χ2v) is 5.63. The number of pyridine rings is 2. The highest BCUT2D eigenvalue weighted by Crippen LogP contribution is 2.16. The Hall–Kier alpha value is -2.64. The largest absolute Gasteiger partial charge is 0.284 e. The van der Waals surface area contributed by atoms with Gasteiger partial charge in [-0.15, -0.1) is 0 Å². The Morgan fingerprint density at radius 1 is 1.04 bits per heavy atom. The zero-order chi connectivity index (χ0) is 16.4. The molecule has 0 aliphatic rings. The average molecular weight is 323 g/mol. The van der Waals surface area contributed by atoms with E-state index in [0.29, 0.717) is 5.15 Å². The van der Waals surface area contributed by atoms with E-state index in [2.05, 4.69) is 26.8 Å². The minimum atomic E-state index is 0.430. The number of aryl methyl sites for hydroxylation is 2. The summed E-state index contributed by atoms with van der Waals surface area (Å²) in [5, 5.41) is 0.430. The van der Waals surface area contributed by atoms with E-state index in [1.54, 1.807) is 12.3 Å². The zero-order valence-electron chi connectivity index (χ0n) is 13.1. The van der Waals surface area contributed by atoms with Crippen LogP contribution in [0.25, 0.3) is 5.82 Å². The van der Waals surface area contributed by atoms with Gasteiger partial charge < -0.3 is 0 Å². The van der Waals surface area contributed by atoms with Gasteiger partial charge in [-0.2, -0.15) is 0 Å². The van der Waals surface area contributed by atoms with Gasteiger partial charge in [0.25, 0.3) is 0 Å². The van der Waals surface area contributed by atoms with Crippen LogP contribution in [0.1, 0.15) is 28.3 Å². The van der Waals surface area contributed by atoms with Crippen molar-refractivity contribution >= 4 is 11.6 Å². The first-order valence-electron chi connectivity index (χ1n) is 7.17. The van der Waals surface area contributed by atoms with E-state index in [0.717, 1.165) is 34.2 Å². The highest BCUT2D eigenvalue weighted by Gasteiger charge is 2.11. The van der Waals surface area contributed by atoms with E-state index in [-0.39, 0.29) is 0 Å². The number of imidazole rings is 1. The summed E-state index contributed by atoms with van der Waals surface area (Å²) in [5.74, 6) is 7.88. The first-order valence-corrected chi connectivity index (χ1v) is 7.55. The summed E-state index contributed by atoms with van der Waals surface area (Å²) in [4.78, 5) is 13.0. The van der Waals surface area contributed by atoms with E-state index >= 15 is 0 Å². The first-order chi connectivity index (χ1) is 11.0. The third kappa shape index (κ3) is 3.25. The SMILES string of the molecule is Cc1ccc(-n2c(C)nc(C#Cc3ccnc(Cl)c3)c2C)nc1. The summed E-state index contributed by atoms with van der Waals surface area (Å²) in [6.45, 7) is 5.95. The van der Waals surface area contributed by atoms with Gasteiger partial charge in [-0.05, 0) is 50.5 Å². The van der Waals surface area contributed by atoms with Crippen molar-refractivity contribution in [3.63, 3.8) is 0 Å². The van der Waals surface area contributed by atoms with Gasteiger partial charge in [0, 0.05) is 18.0 Å². The van der Waals surface area contributed by atoms with Gasteiger partial charge in [0.15, 0.2) is 0 Å². The Morgan fingerprint density at radius 3 is 2.57 bits per heavy atom. The Morgan fingerprint density at radius 2 is 1.87 bits per heavy atom. The molecule has 0 amide bonds. The number of rotatable bonds is 1. The molecular formula is C18H15ClN4. The fourth-order valence-electron chi connectivity index (χ4n) is 2.30. The second kappa shape index (κ2) is 6.23. The van der Waals surface area contributed by atoms with Crippen LogP contribution in [-0.2, 0) is 0 Å². The lowest BCUT2D eigenvalue weighted by atomic mass is 10.2. The molecule has 23 heavy (non-hydrogen) atoms. The molecule has 0 aliphatic carbocycles. The normalized spacial score (nSPS) is 10.3. The molecule has 0 radical (unpaired) electrons. The van der Waals surface area contributed by atoms with Crippen LogP contribution in [0.4, 0.5) is 0 Å². The van der Waals surface area contributed by atoms with Crippen molar-refractivity contribution in [2.24, 2.45) is 0 Å². The third-order valence-corrected chi connectivity index (χ3v) is 3.66. The molecule has 0 unspecified atom stereocenters. The molecule has 5 heteroatoms. The molecule has 0 aliphatic heterocycles. The van der Waals surface area contributed by atoms with Gasteiger partial charge in [-0.1, -0.05) is 23.6 Å². The molecule has 0 fully saturated rings. The van der Waals surface area contributed by atoms with Crippen molar-refractivity contribution in [3.8, 4) is 17.7 Å². The molecule has 114 valence electrons. The van der Waals surface area contributed by atoms with Crippen LogP contribution in [0.2, 0.25) is 5.15 Å². The molecule has 0 spiro atoms. The van der Waals surface area contributed by atoms with Crippen molar-refractivity contribution in [3.05, 3.63) is 70.2 Å². The highest BCUT2D eigenvalue weighted by molar-refractivity contribution is 6.29. The number of aromatic nitrogens is 4. The molecule has 0 bridgehead atoms. The van der Waals surface area contributed by atoms with Crippen LogP contribution < -0.4 is 0 Å². The topological polar surface area (TPSA) is 43.6 Å². The molecular weight excluding hydrogens is 308 g/mol. The van der Waals surface area contributed by atoms with E-state index < -0.39 is 0 Å². The van der Waals surface area contributed by atoms with E-state index in [1.807, 2.05) is 49.7 Å². The summed E-state index contributed by atoms with van der Waals surface area (Å²) < 4.78 is 2.00. The average Bonchev–Trinajstić information content (AvgIpc) is 2.81. The molecule has 0 aromatic carbocycles. The maximum atomic E-state index is 5.87. The lowest BCUT2D eigenvalue weighted by Crippen LogP contribution is -2.02. The fraction of sp³-hybridized carbons (Fsp3) is 0.167. The zero-order valence-corrected chi connectivity index (χ0v) is 13.9. The third-order valence-electron chi connectivity index (χ3n) is 3.45. The maximum absolute atomic E-state index is 5.87. The molecule has 3 aromatic rings. The first kappa shape index (κ1) is 15.3. The number of nitrogens with zero attached hydrogens (tertiary/aromatic N) is 4. The van der Waals surface area contributed by atoms with E-state index in [9.17, 15) is 0 Å². The van der Waals surface area contributed by atoms with Crippen LogP contribution in [0.5, 0.6) is 0 Å². The minimum Gasteiger partial charge on any atom is -0.284 e. The molecule has 0 saturated heterocycles. The molecule has 3 aromatic heterocycles. The molecule has 4 nitrogen and oxygen atoms in total. The Kier molecular flexibility index (Phi) is 4.14. The van der Waals surface area contributed by atoms with Gasteiger partial charge >= 0.3 is 0 Å². The van der Waals surface area contributed by atoms with Crippen LogP contribution >= 0.6 is 11.6 Å². The smallest absolute Gasteiger partial charge is 0.138 e. The van der Waals surface area contributed by atoms with Crippen LogP contribution in [0.3, 0.4) is 0 Å². The van der Waals surface area contributed by atoms with Crippen molar-refractivity contribution in [1.29, 1.82) is 0 Å². The molecule has 0 N–H and O–H groups in total. The summed E-state index contributed by atoms with van der Waals surface area (Å²) in [5.41, 5.74) is 3.63. The molecule has 3 rings (SSSR count). The van der Waals surface area contributed by atoms with Crippen LogP contribution in [0.15, 0.2) is 36.7 Å². The maximum Gasteiger partial charge on any atom is 0.138 e. The summed E-state index contributed by atoms with van der Waals surface area (Å²) >= 11 is 5.87. The number of halogens is 1. The predicted molar refractivity (Wildman–Crippen MR) is 90.8 cm³/mol. The van der Waals surface area contributed by atoms with Crippen LogP contribution in [0, 0.1) is 32.6 Å². The van der Waals surface area contributed by atoms with E-state index in [1.165, 1.54) is 0 Å². The lowest BCUT2D eigenvalue weighted by molar-refractivity contribution is 0.900. The summed E-state index contributed by atoms with van der Waals surface area (Å²) in [7, 11) is 0. The quantitative estimate of drug-likeness (QED) is 0.507. The monoisotopic (exact) mass is 322 g/mol. The fourth-order valence-corrected chi connectivity index (χ4v) is 2.48. The highest BCUT2D eigenvalue weighted by atomic mass is 35.5. The minimum absolute atomic E-state index is 0.430. The van der Waals surface area contributed by atoms with Crippen molar-refractivity contribution in [2.45, 2.75) is 20.8 Å². The standard InChI is InChI=1S/C18H15ClN4/c1-12-4-7-18(21-11-12)23-13(2)16(22-14(23)3)6-5-15-8-9-20-17(19)10-15/h4,7-11H,1-3H3. The summed E-state index contributed by atoms with van der Waals surface area (Å²) in [6.07, 6.45) is 3.48. The summed E-state index contributed by atoms with van der Waals surface area (Å²) in [6, 6.07) is 7.57. The van der Waals surface area contributed by atoms with Gasteiger partial charge in [-0.25, -0.2) is 15.0 Å². The molecule has 3 heterocycles. The Labute approximate surface area is 140 Å². The van der Waals surface area contributed by atoms with Crippen molar-refractivity contribution < 1.29 is 0 Å².